The van der Waals surface area contributed by atoms with Gasteiger partial charge < -0.3 is 0 Å². The summed E-state index contributed by atoms with van der Waals surface area (Å²) in [5.41, 5.74) is 4.76. The molecule has 3 aliphatic carbocycles. The van der Waals surface area contributed by atoms with Crippen LogP contribution in [-0.2, 0) is 25.8 Å². The number of rotatable bonds is 2. The van der Waals surface area contributed by atoms with E-state index in [1.165, 1.54) is 4.90 Å². The van der Waals surface area contributed by atoms with Gasteiger partial charge in [0.15, 0.2) is 0 Å². The van der Waals surface area contributed by atoms with E-state index in [1.807, 2.05) is 73.7 Å². The van der Waals surface area contributed by atoms with Crippen LogP contribution in [0.15, 0.2) is 71.2 Å². The minimum absolute atomic E-state index is 0.291. The Morgan fingerprint density at radius 2 is 1.25 bits per heavy atom. The molecule has 7 rings (SSSR count). The van der Waals surface area contributed by atoms with Crippen LogP contribution in [0, 0.1) is 11.8 Å². The van der Waals surface area contributed by atoms with Crippen molar-refractivity contribution in [3.63, 3.8) is 0 Å². The van der Waals surface area contributed by atoms with Crippen molar-refractivity contribution in [1.29, 1.82) is 0 Å². The largest absolute Gasteiger partial charge is 0.274 e. The Balaban J connectivity index is 1.65. The zero-order valence-corrected chi connectivity index (χ0v) is 20.2. The van der Waals surface area contributed by atoms with Crippen molar-refractivity contribution in [3.05, 3.63) is 99.0 Å². The number of carbonyl (C=O) groups is 2. The van der Waals surface area contributed by atoms with E-state index in [9.17, 15) is 9.59 Å². The number of hydrogen-bond donors (Lipinski definition) is 0. The standard InChI is InChI=1S/C26H18BrCl2NO2/c1-2-14-13-15(27)11-12-20(14)30-23(31)21-22(24(30)32)26(29)17-8-4-3-7-16(17)25(21,28)18-9-5-6-10-19(18)26/h3-13,21-22H,2H2,1H3/t21-,22-,25?,26?/m1/s1. The zero-order chi connectivity index (χ0) is 22.4. The van der Waals surface area contributed by atoms with Crippen LogP contribution in [0.5, 0.6) is 0 Å². The van der Waals surface area contributed by atoms with Crippen molar-refractivity contribution in [2.75, 3.05) is 4.90 Å². The number of benzene rings is 3. The second-order valence-corrected chi connectivity index (χ2v) is 10.7. The van der Waals surface area contributed by atoms with Gasteiger partial charge in [-0.3, -0.25) is 9.59 Å². The number of amides is 2. The molecule has 2 atom stereocenters. The molecule has 6 heteroatoms. The molecule has 0 N–H and O–H groups in total. The number of anilines is 1. The van der Waals surface area contributed by atoms with E-state index in [-0.39, 0.29) is 11.8 Å². The number of hydrogen-bond acceptors (Lipinski definition) is 2. The Morgan fingerprint density at radius 1 is 0.812 bits per heavy atom. The van der Waals surface area contributed by atoms with Gasteiger partial charge in [0.25, 0.3) is 0 Å². The number of carbonyl (C=O) groups excluding carboxylic acids is 2. The van der Waals surface area contributed by atoms with Crippen LogP contribution in [0.2, 0.25) is 0 Å². The molecule has 0 saturated carbocycles. The summed E-state index contributed by atoms with van der Waals surface area (Å²) in [6.07, 6.45) is 0.680. The first-order valence-corrected chi connectivity index (χ1v) is 12.1. The van der Waals surface area contributed by atoms with E-state index in [4.69, 9.17) is 23.2 Å². The van der Waals surface area contributed by atoms with Crippen molar-refractivity contribution >= 4 is 56.6 Å². The van der Waals surface area contributed by atoms with Crippen LogP contribution in [0.3, 0.4) is 0 Å². The molecule has 2 amide bonds. The summed E-state index contributed by atoms with van der Waals surface area (Å²) in [5, 5.41) is 0. The fourth-order valence-electron chi connectivity index (χ4n) is 5.96. The van der Waals surface area contributed by atoms with Gasteiger partial charge in [-0.1, -0.05) is 71.4 Å². The van der Waals surface area contributed by atoms with Crippen LogP contribution in [0.25, 0.3) is 0 Å². The summed E-state index contributed by atoms with van der Waals surface area (Å²) < 4.78 is 0.900. The van der Waals surface area contributed by atoms with Gasteiger partial charge in [-0.05, 0) is 52.4 Å². The normalized spacial score (nSPS) is 29.7. The van der Waals surface area contributed by atoms with Crippen LogP contribution in [0.1, 0.15) is 34.7 Å². The second-order valence-electron chi connectivity index (χ2n) is 8.61. The molecule has 2 bridgehead atoms. The summed E-state index contributed by atoms with van der Waals surface area (Å²) in [6.45, 7) is 2.00. The Bertz CT molecular complexity index is 1220. The minimum atomic E-state index is -1.16. The van der Waals surface area contributed by atoms with Gasteiger partial charge >= 0.3 is 0 Å². The lowest BCUT2D eigenvalue weighted by Crippen LogP contribution is -2.57. The molecule has 1 saturated heterocycles. The molecule has 32 heavy (non-hydrogen) atoms. The fourth-order valence-corrected chi connectivity index (χ4v) is 7.47. The van der Waals surface area contributed by atoms with Gasteiger partial charge in [0.1, 0.15) is 9.75 Å². The monoisotopic (exact) mass is 525 g/mol. The Kier molecular flexibility index (Phi) is 4.28. The van der Waals surface area contributed by atoms with E-state index < -0.39 is 21.6 Å². The molecule has 0 spiro atoms. The average Bonchev–Trinajstić information content (AvgIpc) is 3.08. The topological polar surface area (TPSA) is 37.4 Å². The van der Waals surface area contributed by atoms with E-state index in [2.05, 4.69) is 15.9 Å². The molecule has 3 aromatic carbocycles. The summed E-state index contributed by atoms with van der Waals surface area (Å²) in [4.78, 5) is 27.0. The second kappa shape index (κ2) is 6.69. The lowest BCUT2D eigenvalue weighted by Gasteiger charge is -2.54. The maximum atomic E-state index is 14.0. The number of alkyl halides is 2. The van der Waals surface area contributed by atoms with Gasteiger partial charge in [0, 0.05) is 4.47 Å². The van der Waals surface area contributed by atoms with Crippen LogP contribution < -0.4 is 4.90 Å². The van der Waals surface area contributed by atoms with Crippen molar-refractivity contribution in [2.24, 2.45) is 11.8 Å². The molecule has 1 fully saturated rings. The van der Waals surface area contributed by atoms with Crippen LogP contribution in [-0.4, -0.2) is 11.8 Å². The van der Waals surface area contributed by atoms with Crippen LogP contribution in [0.4, 0.5) is 5.69 Å². The smallest absolute Gasteiger partial charge is 0.240 e. The fraction of sp³-hybridized carbons (Fsp3) is 0.231. The average molecular weight is 527 g/mol. The summed E-state index contributed by atoms with van der Waals surface area (Å²) in [5.74, 6) is -2.15. The third kappa shape index (κ3) is 2.23. The molecule has 3 aromatic rings. The predicted octanol–water partition coefficient (Wildman–Crippen LogP) is 6.11. The molecule has 0 radical (unpaired) electrons. The molecular formula is C26H18BrCl2NO2. The van der Waals surface area contributed by atoms with Gasteiger partial charge in [0.2, 0.25) is 11.8 Å². The lowest BCUT2D eigenvalue weighted by molar-refractivity contribution is -0.122. The zero-order valence-electron chi connectivity index (χ0n) is 17.1. The van der Waals surface area contributed by atoms with Crippen molar-refractivity contribution in [1.82, 2.24) is 0 Å². The van der Waals surface area contributed by atoms with E-state index in [0.29, 0.717) is 12.1 Å². The summed E-state index contributed by atoms with van der Waals surface area (Å²) >= 11 is 18.4. The Morgan fingerprint density at radius 3 is 1.66 bits per heavy atom. The molecule has 1 aliphatic heterocycles. The molecule has 0 unspecified atom stereocenters. The molecule has 4 aliphatic rings. The number of halogens is 3. The van der Waals surface area contributed by atoms with Crippen molar-refractivity contribution < 1.29 is 9.59 Å². The quantitative estimate of drug-likeness (QED) is 0.298. The number of imide groups is 1. The van der Waals surface area contributed by atoms with Gasteiger partial charge in [-0.2, -0.15) is 0 Å². The SMILES string of the molecule is CCc1cc(Br)ccc1N1C(=O)[C@H]2[C@H](C1=O)C1(Cl)c3ccccc3C2(Cl)c2ccccc21. The highest BCUT2D eigenvalue weighted by Crippen LogP contribution is 2.69. The van der Waals surface area contributed by atoms with Crippen molar-refractivity contribution in [3.8, 4) is 0 Å². The molecule has 3 nitrogen and oxygen atoms in total. The summed E-state index contributed by atoms with van der Waals surface area (Å²) in [7, 11) is 0. The summed E-state index contributed by atoms with van der Waals surface area (Å²) in [6, 6.07) is 21.0. The predicted molar refractivity (Wildman–Crippen MR) is 129 cm³/mol. The van der Waals surface area contributed by atoms with Gasteiger partial charge in [-0.25, -0.2) is 4.90 Å². The first kappa shape index (κ1) is 20.5. The highest BCUT2D eigenvalue weighted by molar-refractivity contribution is 9.10. The Hall–Kier alpha value is -2.14. The van der Waals surface area contributed by atoms with E-state index >= 15 is 0 Å². The third-order valence-corrected chi connectivity index (χ3v) is 9.03. The maximum Gasteiger partial charge on any atom is 0.240 e. The number of nitrogens with zero attached hydrogens (tertiary/aromatic N) is 1. The van der Waals surface area contributed by atoms with Crippen LogP contribution >= 0.6 is 39.1 Å². The Labute approximate surface area is 204 Å². The highest BCUT2D eigenvalue weighted by atomic mass is 79.9. The molecule has 1 heterocycles. The minimum Gasteiger partial charge on any atom is -0.274 e. The first-order chi connectivity index (χ1) is 15.3. The molecular weight excluding hydrogens is 509 g/mol. The van der Waals surface area contributed by atoms with Gasteiger partial charge in [-0.15, -0.1) is 23.2 Å². The lowest BCUT2D eigenvalue weighted by atomic mass is 9.54. The highest BCUT2D eigenvalue weighted by Gasteiger charge is 2.73. The first-order valence-electron chi connectivity index (χ1n) is 10.6. The third-order valence-electron chi connectivity index (χ3n) is 7.25. The van der Waals surface area contributed by atoms with E-state index in [1.54, 1.807) is 0 Å². The maximum absolute atomic E-state index is 14.0. The van der Waals surface area contributed by atoms with E-state index in [0.717, 1.165) is 32.3 Å². The van der Waals surface area contributed by atoms with Crippen molar-refractivity contribution in [2.45, 2.75) is 23.1 Å². The van der Waals surface area contributed by atoms with Gasteiger partial charge in [0.05, 0.1) is 17.5 Å². The number of aryl methyl sites for hydroxylation is 1. The molecule has 0 aromatic heterocycles. The molecule has 160 valence electrons.